The van der Waals surface area contributed by atoms with Gasteiger partial charge in [-0.2, -0.15) is 0 Å². The summed E-state index contributed by atoms with van der Waals surface area (Å²) in [4.78, 5) is 27.5. The largest absolute Gasteiger partial charge is 0.458 e. The van der Waals surface area contributed by atoms with Gasteiger partial charge in [0, 0.05) is 66.1 Å². The Bertz CT molecular complexity index is 2380. The Morgan fingerprint density at radius 2 is 1.31 bits per heavy atom. The highest BCUT2D eigenvalue weighted by atomic mass is 16.8. The molecule has 10 rings (SSSR count). The lowest BCUT2D eigenvalue weighted by Gasteiger charge is -2.66. The standard InChI is InChI=1S/C60H90O23/c1-29-49(81-43-26-38(70-8)50(30(2)75-43)82-56-48(67)53(71-9)51(31(3)76-56)83-55-47(66)46(65)45(64)39(27-61)79-55)37(69-7)25-42(74-29)78-35-20-22-57(5)34(24-35)17-18-36-44(57)52(80-41(63)19-16-33-14-12-11-13-15-33)54(77-32(4)62)59-28-73-58(6,72-10)40(59)21-23-60(36,59)68/h11-16,19,29-31,34-40,42-56,61,64-68H,17-18,20-28H2,1-10H3/t29-,30-,31-,34+,35+,36+,37+,38-,39-,40-,42+,43+,44-,45-,46+,47-,48-,49-,50-,51-,52+,53+,54-,55+,56+,57+,58-,59+,60+/m1/s1. The minimum Gasteiger partial charge on any atom is -0.458 e. The van der Waals surface area contributed by atoms with Crippen LogP contribution in [0.2, 0.25) is 0 Å². The minimum atomic E-state index is -1.68. The highest BCUT2D eigenvalue weighted by Gasteiger charge is 2.81. The number of aliphatic hydroxyl groups is 6. The topological polar surface area (TPSA) is 294 Å². The van der Waals surface area contributed by atoms with Gasteiger partial charge >= 0.3 is 11.9 Å². The summed E-state index contributed by atoms with van der Waals surface area (Å²) in [7, 11) is 6.13. The van der Waals surface area contributed by atoms with E-state index < -0.39 is 164 Å². The van der Waals surface area contributed by atoms with Crippen LogP contribution in [0.3, 0.4) is 0 Å². The van der Waals surface area contributed by atoms with Crippen LogP contribution in [0.25, 0.3) is 6.08 Å². The van der Waals surface area contributed by atoms with Gasteiger partial charge in [0.15, 0.2) is 30.9 Å². The second-order valence-electron chi connectivity index (χ2n) is 25.1. The van der Waals surface area contributed by atoms with Crippen molar-refractivity contribution in [3.63, 3.8) is 0 Å². The van der Waals surface area contributed by atoms with E-state index in [1.807, 2.05) is 44.2 Å². The normalized spacial score (nSPS) is 49.8. The fourth-order valence-electron chi connectivity index (χ4n) is 16.6. The maximum Gasteiger partial charge on any atom is 0.331 e. The number of hydrogen-bond acceptors (Lipinski definition) is 23. The number of carbonyl (C=O) groups is 2. The van der Waals surface area contributed by atoms with Crippen LogP contribution in [0, 0.1) is 34.5 Å². The fourth-order valence-corrected chi connectivity index (χ4v) is 16.6. The summed E-state index contributed by atoms with van der Waals surface area (Å²) in [6, 6.07) is 9.48. The van der Waals surface area contributed by atoms with Crippen molar-refractivity contribution in [3.05, 3.63) is 42.0 Å². The van der Waals surface area contributed by atoms with Crippen molar-refractivity contribution < 1.29 is 111 Å². The average molecular weight is 1180 g/mol. The summed E-state index contributed by atoms with van der Waals surface area (Å²) in [6.45, 7) is 10.3. The second-order valence-corrected chi connectivity index (χ2v) is 25.1. The number of aliphatic hydroxyl groups excluding tert-OH is 5. The van der Waals surface area contributed by atoms with Gasteiger partial charge in [-0.25, -0.2) is 4.79 Å². The number of methoxy groups -OCH3 is 4. The van der Waals surface area contributed by atoms with Gasteiger partial charge in [-0.15, -0.1) is 0 Å². The lowest BCUT2D eigenvalue weighted by Crippen LogP contribution is -2.74. The molecule has 23 heteroatoms. The van der Waals surface area contributed by atoms with E-state index in [1.54, 1.807) is 41.3 Å². The molecule has 1 aromatic rings. The first-order valence-corrected chi connectivity index (χ1v) is 29.8. The van der Waals surface area contributed by atoms with Crippen molar-refractivity contribution in [2.75, 3.05) is 41.7 Å². The van der Waals surface area contributed by atoms with Crippen molar-refractivity contribution in [3.8, 4) is 0 Å². The van der Waals surface area contributed by atoms with Gasteiger partial charge in [0.1, 0.15) is 67.1 Å². The van der Waals surface area contributed by atoms with Crippen LogP contribution in [0.15, 0.2) is 36.4 Å². The van der Waals surface area contributed by atoms with Crippen molar-refractivity contribution in [2.24, 2.45) is 34.5 Å². The number of fused-ring (bicyclic) bond motifs is 4. The molecular formula is C60H90O23. The molecule has 9 fully saturated rings. The van der Waals surface area contributed by atoms with E-state index in [-0.39, 0.29) is 42.8 Å². The van der Waals surface area contributed by atoms with E-state index >= 15 is 0 Å². The Balaban J connectivity index is 0.781. The first kappa shape index (κ1) is 63.2. The molecule has 1 spiro atoms. The van der Waals surface area contributed by atoms with Crippen LogP contribution in [0.1, 0.15) is 105 Å². The van der Waals surface area contributed by atoms with Gasteiger partial charge in [-0.1, -0.05) is 37.3 Å². The van der Waals surface area contributed by atoms with Crippen molar-refractivity contribution >= 4 is 18.0 Å². The van der Waals surface area contributed by atoms with E-state index in [2.05, 4.69) is 6.92 Å². The average Bonchev–Trinajstić information content (AvgIpc) is 2.53. The molecule has 0 amide bonds. The summed E-state index contributed by atoms with van der Waals surface area (Å²) < 4.78 is 94.1. The van der Waals surface area contributed by atoms with E-state index in [0.29, 0.717) is 44.9 Å². The zero-order valence-electron chi connectivity index (χ0n) is 49.4. The summed E-state index contributed by atoms with van der Waals surface area (Å²) in [5, 5.41) is 66.0. The molecule has 9 aliphatic rings. The molecular weight excluding hydrogens is 1090 g/mol. The Labute approximate surface area is 485 Å². The SMILES string of the molecule is CO[C@H]1[C@@H](O)[C@H](O[C@@H]2[C@@H](C)O[C@@H](O[C@H]3[C@@H](OC)C[C@H](O[C@H]4CC[C@@]5(C)[C@@H](CC[C@H]6[C@@H]5[C@H](OC(=O)C=Cc5ccccc5)[C@@H](OC(C)=O)[C@]57CO[C@@](C)(OC)[C@H]5CC[C@]67O)C4)O[C@@H]3C)C[C@H]2OC)O[C@H](C)[C@H]1O[C@@H]1O[C@H](CO)[C@@H](O)[C@H](O)[C@H]1O. The number of hydrogen-bond donors (Lipinski definition) is 6. The summed E-state index contributed by atoms with van der Waals surface area (Å²) >= 11 is 0. The number of benzene rings is 1. The molecule has 5 aliphatic heterocycles. The lowest BCUT2D eigenvalue weighted by atomic mass is 9.41. The van der Waals surface area contributed by atoms with Gasteiger partial charge in [-0.3, -0.25) is 4.79 Å². The molecule has 5 heterocycles. The molecule has 0 radical (unpaired) electrons. The molecule has 0 bridgehead atoms. The third-order valence-corrected chi connectivity index (χ3v) is 20.9. The predicted octanol–water partition coefficient (Wildman–Crippen LogP) is 2.67. The monoisotopic (exact) mass is 1180 g/mol. The maximum absolute atomic E-state index is 14.2. The van der Waals surface area contributed by atoms with Gasteiger partial charge in [0.2, 0.25) is 0 Å². The maximum atomic E-state index is 14.2. The number of rotatable bonds is 17. The van der Waals surface area contributed by atoms with E-state index in [4.69, 9.17) is 71.1 Å². The molecule has 5 saturated heterocycles. The van der Waals surface area contributed by atoms with Crippen LogP contribution in [-0.2, 0) is 80.6 Å². The molecule has 4 aliphatic carbocycles. The fraction of sp³-hybridized carbons (Fsp3) is 0.833. The molecule has 23 nitrogen and oxygen atoms in total. The van der Waals surface area contributed by atoms with Crippen LogP contribution in [-0.4, -0.2) is 225 Å². The Morgan fingerprint density at radius 1 is 0.675 bits per heavy atom. The number of ether oxygens (including phenoxy) is 15. The van der Waals surface area contributed by atoms with Crippen LogP contribution >= 0.6 is 0 Å². The molecule has 0 unspecified atom stereocenters. The zero-order chi connectivity index (χ0) is 59.5. The molecule has 29 atom stereocenters. The van der Waals surface area contributed by atoms with Gasteiger partial charge in [-0.05, 0) is 102 Å². The minimum absolute atomic E-state index is 0.0767. The highest BCUT2D eigenvalue weighted by Crippen LogP contribution is 2.73. The predicted molar refractivity (Wildman–Crippen MR) is 288 cm³/mol. The van der Waals surface area contributed by atoms with E-state index in [1.165, 1.54) is 20.1 Å². The molecule has 468 valence electrons. The quantitative estimate of drug-likeness (QED) is 0.0742. The summed E-state index contributed by atoms with van der Waals surface area (Å²) in [6.07, 6.45) is -12.0. The Hall–Kier alpha value is -2.86. The first-order chi connectivity index (χ1) is 39.6. The first-order valence-electron chi connectivity index (χ1n) is 29.8. The van der Waals surface area contributed by atoms with Gasteiger partial charge in [0.05, 0.1) is 60.9 Å². The number of carbonyl (C=O) groups excluding carboxylic acids is 2. The van der Waals surface area contributed by atoms with Crippen LogP contribution < -0.4 is 0 Å². The molecule has 1 aromatic carbocycles. The molecule has 4 saturated carbocycles. The number of esters is 2. The van der Waals surface area contributed by atoms with Crippen LogP contribution in [0.5, 0.6) is 0 Å². The molecule has 6 N–H and O–H groups in total. The summed E-state index contributed by atoms with van der Waals surface area (Å²) in [5.41, 5.74) is -2.04. The van der Waals surface area contributed by atoms with Crippen molar-refractivity contribution in [1.82, 2.24) is 0 Å². The van der Waals surface area contributed by atoms with Crippen molar-refractivity contribution in [1.29, 1.82) is 0 Å². The van der Waals surface area contributed by atoms with Crippen molar-refractivity contribution in [2.45, 2.75) is 240 Å². The van der Waals surface area contributed by atoms with E-state index in [9.17, 15) is 40.2 Å². The molecule has 0 aromatic heterocycles. The van der Waals surface area contributed by atoms with Crippen LogP contribution in [0.4, 0.5) is 0 Å². The Morgan fingerprint density at radius 3 is 1.95 bits per heavy atom. The van der Waals surface area contributed by atoms with Gasteiger partial charge < -0.3 is 102 Å². The summed E-state index contributed by atoms with van der Waals surface area (Å²) in [5.74, 6) is -3.08. The Kier molecular flexibility index (Phi) is 19.3. The smallest absolute Gasteiger partial charge is 0.331 e. The van der Waals surface area contributed by atoms with E-state index in [0.717, 1.165) is 12.0 Å². The zero-order valence-corrected chi connectivity index (χ0v) is 49.4. The third-order valence-electron chi connectivity index (χ3n) is 20.9. The van der Waals surface area contributed by atoms with Gasteiger partial charge in [0.25, 0.3) is 0 Å². The molecule has 83 heavy (non-hydrogen) atoms. The third kappa shape index (κ3) is 11.5. The highest BCUT2D eigenvalue weighted by molar-refractivity contribution is 5.87. The second kappa shape index (κ2) is 25.3. The lowest BCUT2D eigenvalue weighted by molar-refractivity contribution is -0.373.